The highest BCUT2D eigenvalue weighted by molar-refractivity contribution is 7.91. The highest BCUT2D eigenvalue weighted by Crippen LogP contribution is 2.25. The fraction of sp³-hybridized carbons (Fsp3) is 0.533. The number of fused-ring (bicyclic) bond motifs is 1. The minimum atomic E-state index is -3.09. The number of nitrogens with one attached hydrogen (secondary N) is 1. The molecule has 20 heavy (non-hydrogen) atoms. The molecule has 0 unspecified atom stereocenters. The number of aryl methyl sites for hydroxylation is 1. The van der Waals surface area contributed by atoms with Crippen LogP contribution in [0.2, 0.25) is 0 Å². The lowest BCUT2D eigenvalue weighted by atomic mass is 10.1. The van der Waals surface area contributed by atoms with Gasteiger partial charge in [-0.15, -0.1) is 0 Å². The van der Waals surface area contributed by atoms with Crippen LogP contribution in [0.4, 0.5) is 0 Å². The molecule has 1 aromatic carbocycles. The quantitative estimate of drug-likeness (QED) is 0.906. The van der Waals surface area contributed by atoms with Crippen LogP contribution < -0.4 is 5.32 Å². The Bertz CT molecular complexity index is 593. The standard InChI is InChI=1S/C15H21NO3S/c1-2-3-6-15(17)16-11-12-7-8-14-13(10-12)5-4-9-20(14,18)19/h7-8,10H,2-6,9,11H2,1H3,(H,16,17). The normalized spacial score (nSPS) is 16.4. The maximum Gasteiger partial charge on any atom is 0.220 e. The van der Waals surface area contributed by atoms with Gasteiger partial charge in [0, 0.05) is 13.0 Å². The predicted octanol–water partition coefficient (Wildman–Crippen LogP) is 2.21. The minimum Gasteiger partial charge on any atom is -0.352 e. The Balaban J connectivity index is 2.03. The van der Waals surface area contributed by atoms with Crippen LogP contribution in [-0.2, 0) is 27.6 Å². The van der Waals surface area contributed by atoms with Gasteiger partial charge in [0.05, 0.1) is 10.6 Å². The second kappa shape index (κ2) is 6.39. The molecule has 1 N–H and O–H groups in total. The summed E-state index contributed by atoms with van der Waals surface area (Å²) in [5, 5.41) is 2.87. The number of amides is 1. The van der Waals surface area contributed by atoms with Gasteiger partial charge >= 0.3 is 0 Å². The summed E-state index contributed by atoms with van der Waals surface area (Å²) in [5.74, 6) is 0.296. The van der Waals surface area contributed by atoms with Crippen molar-refractivity contribution in [2.75, 3.05) is 5.75 Å². The topological polar surface area (TPSA) is 63.2 Å². The first-order valence-corrected chi connectivity index (χ1v) is 8.79. The van der Waals surface area contributed by atoms with Gasteiger partial charge in [-0.1, -0.05) is 25.5 Å². The van der Waals surface area contributed by atoms with E-state index in [1.165, 1.54) is 0 Å². The lowest BCUT2D eigenvalue weighted by molar-refractivity contribution is -0.121. The molecule has 0 radical (unpaired) electrons. The molecule has 0 spiro atoms. The van der Waals surface area contributed by atoms with E-state index < -0.39 is 9.84 Å². The smallest absolute Gasteiger partial charge is 0.220 e. The third-order valence-electron chi connectivity index (χ3n) is 3.57. The van der Waals surface area contributed by atoms with Crippen LogP contribution in [0.25, 0.3) is 0 Å². The molecule has 1 aliphatic heterocycles. The van der Waals surface area contributed by atoms with Crippen molar-refractivity contribution < 1.29 is 13.2 Å². The average Bonchev–Trinajstić information content (AvgIpc) is 2.42. The Morgan fingerprint density at radius 2 is 2.15 bits per heavy atom. The van der Waals surface area contributed by atoms with E-state index in [0.29, 0.717) is 24.3 Å². The van der Waals surface area contributed by atoms with E-state index in [4.69, 9.17) is 0 Å². The highest BCUT2D eigenvalue weighted by atomic mass is 32.2. The van der Waals surface area contributed by atoms with Crippen molar-refractivity contribution in [3.8, 4) is 0 Å². The molecule has 0 saturated heterocycles. The van der Waals surface area contributed by atoms with Crippen LogP contribution in [0, 0.1) is 0 Å². The second-order valence-corrected chi connectivity index (χ2v) is 7.32. The van der Waals surface area contributed by atoms with Gasteiger partial charge < -0.3 is 5.32 Å². The molecule has 0 aromatic heterocycles. The number of unbranched alkanes of at least 4 members (excludes halogenated alkanes) is 1. The summed E-state index contributed by atoms with van der Waals surface area (Å²) in [6.45, 7) is 2.52. The summed E-state index contributed by atoms with van der Waals surface area (Å²) in [4.78, 5) is 12.0. The molecule has 1 heterocycles. The molecule has 4 nitrogen and oxygen atoms in total. The van der Waals surface area contributed by atoms with Crippen molar-refractivity contribution in [2.45, 2.75) is 50.5 Å². The number of carbonyl (C=O) groups is 1. The van der Waals surface area contributed by atoms with Gasteiger partial charge in [0.2, 0.25) is 5.91 Å². The van der Waals surface area contributed by atoms with Gasteiger partial charge in [-0.25, -0.2) is 8.42 Å². The minimum absolute atomic E-state index is 0.0530. The molecule has 0 saturated carbocycles. The molecule has 0 atom stereocenters. The number of rotatable bonds is 5. The molecular formula is C15H21NO3S. The van der Waals surface area contributed by atoms with Crippen LogP contribution in [0.15, 0.2) is 23.1 Å². The summed E-state index contributed by atoms with van der Waals surface area (Å²) in [5.41, 5.74) is 1.85. The molecule has 110 valence electrons. The van der Waals surface area contributed by atoms with E-state index in [1.807, 2.05) is 6.07 Å². The zero-order valence-electron chi connectivity index (χ0n) is 11.8. The summed E-state index contributed by atoms with van der Waals surface area (Å²) in [6.07, 6.45) is 3.93. The number of sulfone groups is 1. The summed E-state index contributed by atoms with van der Waals surface area (Å²) in [6, 6.07) is 5.38. The summed E-state index contributed by atoms with van der Waals surface area (Å²) < 4.78 is 23.8. The van der Waals surface area contributed by atoms with Crippen molar-refractivity contribution in [1.82, 2.24) is 5.32 Å². The molecule has 2 rings (SSSR count). The number of benzene rings is 1. The third-order valence-corrected chi connectivity index (χ3v) is 5.46. The fourth-order valence-electron chi connectivity index (χ4n) is 2.43. The number of carbonyl (C=O) groups excluding carboxylic acids is 1. The molecule has 0 bridgehead atoms. The third kappa shape index (κ3) is 3.60. The van der Waals surface area contributed by atoms with E-state index in [0.717, 1.165) is 30.4 Å². The van der Waals surface area contributed by atoms with E-state index in [-0.39, 0.29) is 11.7 Å². The van der Waals surface area contributed by atoms with Crippen molar-refractivity contribution in [2.24, 2.45) is 0 Å². The van der Waals surface area contributed by atoms with Crippen LogP contribution in [0.3, 0.4) is 0 Å². The zero-order valence-corrected chi connectivity index (χ0v) is 12.6. The molecular weight excluding hydrogens is 274 g/mol. The summed E-state index contributed by atoms with van der Waals surface area (Å²) in [7, 11) is -3.09. The van der Waals surface area contributed by atoms with E-state index in [2.05, 4.69) is 12.2 Å². The van der Waals surface area contributed by atoms with Crippen LogP contribution >= 0.6 is 0 Å². The first-order valence-electron chi connectivity index (χ1n) is 7.14. The van der Waals surface area contributed by atoms with Gasteiger partial charge in [0.25, 0.3) is 0 Å². The molecule has 1 amide bonds. The number of hydrogen-bond acceptors (Lipinski definition) is 3. The van der Waals surface area contributed by atoms with Gasteiger partial charge in [-0.05, 0) is 36.5 Å². The molecule has 1 aliphatic rings. The Kier molecular flexibility index (Phi) is 4.81. The summed E-state index contributed by atoms with van der Waals surface area (Å²) >= 11 is 0. The average molecular weight is 295 g/mol. The van der Waals surface area contributed by atoms with Crippen LogP contribution in [0.1, 0.15) is 43.7 Å². The van der Waals surface area contributed by atoms with E-state index >= 15 is 0 Å². The Labute approximate surface area is 120 Å². The van der Waals surface area contributed by atoms with Crippen molar-refractivity contribution in [1.29, 1.82) is 0 Å². The van der Waals surface area contributed by atoms with Crippen LogP contribution in [-0.4, -0.2) is 20.1 Å². The lowest BCUT2D eigenvalue weighted by Crippen LogP contribution is -2.23. The maximum atomic E-state index is 11.9. The van der Waals surface area contributed by atoms with Gasteiger partial charge in [0.15, 0.2) is 9.84 Å². The molecule has 5 heteroatoms. The Morgan fingerprint density at radius 3 is 2.90 bits per heavy atom. The SMILES string of the molecule is CCCCC(=O)NCc1ccc2c(c1)CCCS2(=O)=O. The highest BCUT2D eigenvalue weighted by Gasteiger charge is 2.23. The maximum absolute atomic E-state index is 11.9. The van der Waals surface area contributed by atoms with Gasteiger partial charge in [-0.3, -0.25) is 4.79 Å². The largest absolute Gasteiger partial charge is 0.352 e. The Hall–Kier alpha value is -1.36. The monoisotopic (exact) mass is 295 g/mol. The van der Waals surface area contributed by atoms with Crippen molar-refractivity contribution in [3.63, 3.8) is 0 Å². The van der Waals surface area contributed by atoms with Crippen molar-refractivity contribution in [3.05, 3.63) is 29.3 Å². The lowest BCUT2D eigenvalue weighted by Gasteiger charge is -2.17. The molecule has 0 aliphatic carbocycles. The first kappa shape index (κ1) is 15.0. The predicted molar refractivity (Wildman–Crippen MR) is 78.2 cm³/mol. The van der Waals surface area contributed by atoms with Gasteiger partial charge in [0.1, 0.15) is 0 Å². The van der Waals surface area contributed by atoms with E-state index in [9.17, 15) is 13.2 Å². The number of hydrogen-bond donors (Lipinski definition) is 1. The Morgan fingerprint density at radius 1 is 1.35 bits per heavy atom. The zero-order chi connectivity index (χ0) is 14.6. The first-order chi connectivity index (χ1) is 9.53. The molecule has 0 fully saturated rings. The van der Waals surface area contributed by atoms with Crippen molar-refractivity contribution >= 4 is 15.7 Å². The fourth-order valence-corrected chi connectivity index (χ4v) is 4.01. The molecule has 1 aromatic rings. The van der Waals surface area contributed by atoms with Gasteiger partial charge in [-0.2, -0.15) is 0 Å². The second-order valence-electron chi connectivity index (χ2n) is 5.24. The van der Waals surface area contributed by atoms with E-state index in [1.54, 1.807) is 12.1 Å². The van der Waals surface area contributed by atoms with Crippen LogP contribution in [0.5, 0.6) is 0 Å².